The monoisotopic (exact) mass is 198 g/mol. The number of allylic oxidation sites excluding steroid dienone is 2. The molecule has 0 bridgehead atoms. The van der Waals surface area contributed by atoms with Crippen molar-refractivity contribution < 1.29 is 9.90 Å². The van der Waals surface area contributed by atoms with Gasteiger partial charge in [0, 0.05) is 6.42 Å². The third kappa shape index (κ3) is 5.18. The van der Waals surface area contributed by atoms with Crippen molar-refractivity contribution in [2.24, 2.45) is 5.92 Å². The zero-order chi connectivity index (χ0) is 11.3. The van der Waals surface area contributed by atoms with Crippen molar-refractivity contribution in [3.8, 4) is 0 Å². The molecule has 2 nitrogen and oxygen atoms in total. The van der Waals surface area contributed by atoms with Crippen LogP contribution in [0.5, 0.6) is 0 Å². The van der Waals surface area contributed by atoms with Crippen LogP contribution in [0.3, 0.4) is 0 Å². The topological polar surface area (TPSA) is 37.3 Å². The Morgan fingerprint density at radius 2 is 1.64 bits per heavy atom. The smallest absolute Gasteiger partial charge is 0.132 e. The Balaban J connectivity index is 4.14. The molecular formula is C12H22O2. The van der Waals surface area contributed by atoms with Gasteiger partial charge in [-0.25, -0.2) is 0 Å². The SMILES string of the molecule is CC(=O)CC(O)C(C)CC(C)=C(C)C. The Morgan fingerprint density at radius 1 is 1.14 bits per heavy atom. The molecule has 2 atom stereocenters. The highest BCUT2D eigenvalue weighted by Crippen LogP contribution is 2.19. The summed E-state index contributed by atoms with van der Waals surface area (Å²) in [6.07, 6.45) is 0.648. The van der Waals surface area contributed by atoms with Gasteiger partial charge in [0.25, 0.3) is 0 Å². The predicted molar refractivity (Wildman–Crippen MR) is 59.1 cm³/mol. The van der Waals surface area contributed by atoms with Crippen molar-refractivity contribution in [3.05, 3.63) is 11.1 Å². The Bertz CT molecular complexity index is 224. The average Bonchev–Trinajstić information content (AvgIpc) is 2.02. The summed E-state index contributed by atoms with van der Waals surface area (Å²) in [6, 6.07) is 0. The Kier molecular flexibility index (Phi) is 5.70. The molecule has 0 saturated heterocycles. The zero-order valence-corrected chi connectivity index (χ0v) is 9.92. The maximum atomic E-state index is 10.8. The summed E-state index contributed by atoms with van der Waals surface area (Å²) in [5.74, 6) is 0.216. The zero-order valence-electron chi connectivity index (χ0n) is 9.92. The molecule has 0 radical (unpaired) electrons. The molecule has 0 aromatic carbocycles. The number of carbonyl (C=O) groups is 1. The number of aliphatic hydroxyl groups is 1. The third-order valence-electron chi connectivity index (χ3n) is 2.64. The van der Waals surface area contributed by atoms with Gasteiger partial charge in [0.05, 0.1) is 6.10 Å². The molecule has 0 spiro atoms. The highest BCUT2D eigenvalue weighted by Gasteiger charge is 2.16. The maximum Gasteiger partial charge on any atom is 0.132 e. The highest BCUT2D eigenvalue weighted by atomic mass is 16.3. The van der Waals surface area contributed by atoms with Gasteiger partial charge in [-0.15, -0.1) is 0 Å². The number of carbonyl (C=O) groups excluding carboxylic acids is 1. The summed E-state index contributed by atoms with van der Waals surface area (Å²) in [5, 5.41) is 9.68. The van der Waals surface area contributed by atoms with Crippen LogP contribution < -0.4 is 0 Å². The lowest BCUT2D eigenvalue weighted by Gasteiger charge is -2.18. The molecule has 0 aliphatic carbocycles. The largest absolute Gasteiger partial charge is 0.392 e. The summed E-state index contributed by atoms with van der Waals surface area (Å²) < 4.78 is 0. The van der Waals surface area contributed by atoms with E-state index < -0.39 is 6.10 Å². The Hall–Kier alpha value is -0.630. The van der Waals surface area contributed by atoms with Crippen LogP contribution in [-0.4, -0.2) is 17.0 Å². The lowest BCUT2D eigenvalue weighted by atomic mass is 9.92. The van der Waals surface area contributed by atoms with Crippen LogP contribution in [0.25, 0.3) is 0 Å². The molecule has 0 rings (SSSR count). The van der Waals surface area contributed by atoms with E-state index in [1.165, 1.54) is 18.1 Å². The lowest BCUT2D eigenvalue weighted by Crippen LogP contribution is -2.20. The van der Waals surface area contributed by atoms with Gasteiger partial charge in [0.1, 0.15) is 5.78 Å². The van der Waals surface area contributed by atoms with Crippen LogP contribution in [0.4, 0.5) is 0 Å². The van der Waals surface area contributed by atoms with E-state index in [0.29, 0.717) is 0 Å². The second-order valence-electron chi connectivity index (χ2n) is 4.44. The van der Waals surface area contributed by atoms with E-state index in [9.17, 15) is 9.90 Å². The normalized spacial score (nSPS) is 14.7. The maximum absolute atomic E-state index is 10.8. The minimum Gasteiger partial charge on any atom is -0.392 e. The van der Waals surface area contributed by atoms with Gasteiger partial charge in [0.15, 0.2) is 0 Å². The fourth-order valence-electron chi connectivity index (χ4n) is 1.32. The summed E-state index contributed by atoms with van der Waals surface area (Å²) >= 11 is 0. The summed E-state index contributed by atoms with van der Waals surface area (Å²) in [6.45, 7) is 9.72. The van der Waals surface area contributed by atoms with E-state index in [4.69, 9.17) is 0 Å². The molecule has 2 unspecified atom stereocenters. The molecule has 0 fully saturated rings. The van der Waals surface area contributed by atoms with Crippen LogP contribution in [0.15, 0.2) is 11.1 Å². The van der Waals surface area contributed by atoms with E-state index in [2.05, 4.69) is 20.8 Å². The van der Waals surface area contributed by atoms with Crippen molar-refractivity contribution in [3.63, 3.8) is 0 Å². The fourth-order valence-corrected chi connectivity index (χ4v) is 1.32. The van der Waals surface area contributed by atoms with E-state index >= 15 is 0 Å². The molecular weight excluding hydrogens is 176 g/mol. The predicted octanol–water partition coefficient (Wildman–Crippen LogP) is 2.71. The number of ketones is 1. The van der Waals surface area contributed by atoms with Gasteiger partial charge >= 0.3 is 0 Å². The quantitative estimate of drug-likeness (QED) is 0.690. The van der Waals surface area contributed by atoms with Crippen molar-refractivity contribution in [1.82, 2.24) is 0 Å². The molecule has 2 heteroatoms. The number of aliphatic hydroxyl groups excluding tert-OH is 1. The summed E-state index contributed by atoms with van der Waals surface area (Å²) in [4.78, 5) is 10.8. The minimum absolute atomic E-state index is 0.0548. The van der Waals surface area contributed by atoms with E-state index in [1.807, 2.05) is 6.92 Å². The van der Waals surface area contributed by atoms with Crippen molar-refractivity contribution in [2.75, 3.05) is 0 Å². The Morgan fingerprint density at radius 3 is 2.00 bits per heavy atom. The van der Waals surface area contributed by atoms with E-state index in [1.54, 1.807) is 0 Å². The van der Waals surface area contributed by atoms with Gasteiger partial charge in [-0.2, -0.15) is 0 Å². The first-order valence-electron chi connectivity index (χ1n) is 5.15. The van der Waals surface area contributed by atoms with Crippen LogP contribution in [0, 0.1) is 5.92 Å². The number of hydrogen-bond acceptors (Lipinski definition) is 2. The van der Waals surface area contributed by atoms with Gasteiger partial charge in [-0.3, -0.25) is 4.79 Å². The van der Waals surface area contributed by atoms with Crippen molar-refractivity contribution in [2.45, 2.75) is 53.6 Å². The van der Waals surface area contributed by atoms with Crippen molar-refractivity contribution >= 4 is 5.78 Å². The molecule has 0 aromatic heterocycles. The molecule has 1 N–H and O–H groups in total. The molecule has 82 valence electrons. The highest BCUT2D eigenvalue weighted by molar-refractivity contribution is 5.75. The summed E-state index contributed by atoms with van der Waals surface area (Å²) in [5.41, 5.74) is 2.60. The van der Waals surface area contributed by atoms with Crippen molar-refractivity contribution in [1.29, 1.82) is 0 Å². The average molecular weight is 198 g/mol. The molecule has 14 heavy (non-hydrogen) atoms. The first-order valence-corrected chi connectivity index (χ1v) is 5.15. The minimum atomic E-state index is -0.498. The lowest BCUT2D eigenvalue weighted by molar-refractivity contribution is -0.119. The molecule has 0 amide bonds. The first kappa shape index (κ1) is 13.4. The molecule has 0 aliphatic rings. The molecule has 0 heterocycles. The van der Waals surface area contributed by atoms with Crippen LogP contribution in [-0.2, 0) is 4.79 Å². The number of Topliss-reactive ketones (excluding diaryl/α,β-unsaturated/α-hetero) is 1. The molecule has 0 aromatic rings. The van der Waals surface area contributed by atoms with Gasteiger partial charge < -0.3 is 5.11 Å². The molecule has 0 aliphatic heterocycles. The number of rotatable bonds is 5. The Labute approximate surface area is 87.0 Å². The van der Waals surface area contributed by atoms with Crippen LogP contribution >= 0.6 is 0 Å². The third-order valence-corrected chi connectivity index (χ3v) is 2.64. The van der Waals surface area contributed by atoms with E-state index in [0.717, 1.165) is 6.42 Å². The van der Waals surface area contributed by atoms with Gasteiger partial charge in [-0.05, 0) is 40.0 Å². The second-order valence-corrected chi connectivity index (χ2v) is 4.44. The first-order chi connectivity index (χ1) is 6.34. The van der Waals surface area contributed by atoms with Crippen LogP contribution in [0.1, 0.15) is 47.5 Å². The standard InChI is InChI=1S/C12H22O2/c1-8(2)9(3)6-10(4)12(14)7-11(5)13/h10,12,14H,6-7H2,1-5H3. The number of hydrogen-bond donors (Lipinski definition) is 1. The van der Waals surface area contributed by atoms with Gasteiger partial charge in [0.2, 0.25) is 0 Å². The van der Waals surface area contributed by atoms with E-state index in [-0.39, 0.29) is 18.1 Å². The van der Waals surface area contributed by atoms with Gasteiger partial charge in [-0.1, -0.05) is 18.1 Å². The fraction of sp³-hybridized carbons (Fsp3) is 0.750. The second kappa shape index (κ2) is 5.97. The summed E-state index contributed by atoms with van der Waals surface area (Å²) in [7, 11) is 0. The molecule has 0 saturated carbocycles. The van der Waals surface area contributed by atoms with Crippen LogP contribution in [0.2, 0.25) is 0 Å².